The Kier molecular flexibility index (Phi) is 4.46. The first kappa shape index (κ1) is 14.3. The quantitative estimate of drug-likeness (QED) is 0.892. The molecule has 0 spiro atoms. The third-order valence-corrected chi connectivity index (χ3v) is 4.94. The highest BCUT2D eigenvalue weighted by Gasteiger charge is 2.18. The highest BCUT2D eigenvalue weighted by atomic mass is 32.2. The van der Waals surface area contributed by atoms with Crippen molar-refractivity contribution in [3.05, 3.63) is 12.4 Å². The van der Waals surface area contributed by atoms with Crippen LogP contribution >= 0.6 is 0 Å². The topological polar surface area (TPSA) is 73.2 Å². The standard InChI is InChI=1S/C12H21N3O3S/c1-10(2)19(16,17)14-11-7-13-15(8-11)9-12-5-3-4-6-18-12/h7-8,10,12,14H,3-6,9H2,1-2H3/t12-/m0/s1. The van der Waals surface area contributed by atoms with Gasteiger partial charge in [0.2, 0.25) is 10.0 Å². The summed E-state index contributed by atoms with van der Waals surface area (Å²) in [4.78, 5) is 0. The van der Waals surface area contributed by atoms with Crippen LogP contribution in [0.25, 0.3) is 0 Å². The van der Waals surface area contributed by atoms with Crippen molar-refractivity contribution in [2.45, 2.75) is 51.0 Å². The lowest BCUT2D eigenvalue weighted by atomic mass is 10.1. The number of sulfonamides is 1. The molecule has 1 aliphatic rings. The van der Waals surface area contributed by atoms with Gasteiger partial charge in [-0.15, -0.1) is 0 Å². The van der Waals surface area contributed by atoms with Gasteiger partial charge >= 0.3 is 0 Å². The third kappa shape index (κ3) is 3.94. The molecule has 0 aliphatic carbocycles. The maximum absolute atomic E-state index is 11.7. The van der Waals surface area contributed by atoms with Gasteiger partial charge in [-0.2, -0.15) is 5.10 Å². The van der Waals surface area contributed by atoms with E-state index < -0.39 is 15.3 Å². The smallest absolute Gasteiger partial charge is 0.235 e. The Hall–Kier alpha value is -1.08. The van der Waals surface area contributed by atoms with Crippen molar-refractivity contribution in [1.29, 1.82) is 0 Å². The fourth-order valence-corrected chi connectivity index (χ4v) is 2.63. The summed E-state index contributed by atoms with van der Waals surface area (Å²) in [5, 5.41) is 3.70. The van der Waals surface area contributed by atoms with E-state index in [2.05, 4.69) is 9.82 Å². The Morgan fingerprint density at radius 3 is 2.95 bits per heavy atom. The molecule has 0 radical (unpaired) electrons. The van der Waals surface area contributed by atoms with Crippen LogP contribution in [-0.4, -0.2) is 36.2 Å². The number of anilines is 1. The molecule has 2 heterocycles. The Balaban J connectivity index is 1.95. The zero-order valence-electron chi connectivity index (χ0n) is 11.4. The minimum atomic E-state index is -3.31. The van der Waals surface area contributed by atoms with Crippen molar-refractivity contribution < 1.29 is 13.2 Å². The van der Waals surface area contributed by atoms with Gasteiger partial charge in [0.1, 0.15) is 0 Å². The van der Waals surface area contributed by atoms with Gasteiger partial charge in [-0.25, -0.2) is 8.42 Å². The van der Waals surface area contributed by atoms with Crippen LogP contribution in [0.2, 0.25) is 0 Å². The van der Waals surface area contributed by atoms with Gasteiger partial charge in [-0.05, 0) is 33.1 Å². The van der Waals surface area contributed by atoms with Crippen LogP contribution in [0.15, 0.2) is 12.4 Å². The van der Waals surface area contributed by atoms with Gasteiger partial charge in [0.05, 0.1) is 29.8 Å². The molecule has 1 saturated heterocycles. The molecule has 0 unspecified atom stereocenters. The second-order valence-electron chi connectivity index (χ2n) is 5.14. The lowest BCUT2D eigenvalue weighted by molar-refractivity contribution is 0.00401. The van der Waals surface area contributed by atoms with E-state index in [1.54, 1.807) is 24.7 Å². The SMILES string of the molecule is CC(C)S(=O)(=O)Nc1cnn(C[C@@H]2CCCCO2)c1. The van der Waals surface area contributed by atoms with Gasteiger partial charge in [0, 0.05) is 12.8 Å². The van der Waals surface area contributed by atoms with Crippen molar-refractivity contribution in [2.24, 2.45) is 0 Å². The number of aromatic nitrogens is 2. The summed E-state index contributed by atoms with van der Waals surface area (Å²) in [5.74, 6) is 0. The zero-order valence-corrected chi connectivity index (χ0v) is 12.2. The van der Waals surface area contributed by atoms with Gasteiger partial charge in [0.15, 0.2) is 0 Å². The monoisotopic (exact) mass is 287 g/mol. The molecule has 6 nitrogen and oxygen atoms in total. The van der Waals surface area contributed by atoms with Crippen molar-refractivity contribution in [1.82, 2.24) is 9.78 Å². The molecule has 0 aromatic carbocycles. The van der Waals surface area contributed by atoms with Crippen LogP contribution in [-0.2, 0) is 21.3 Å². The van der Waals surface area contributed by atoms with E-state index in [1.165, 1.54) is 12.6 Å². The highest BCUT2D eigenvalue weighted by Crippen LogP contribution is 2.16. The maximum Gasteiger partial charge on any atom is 0.235 e. The molecule has 7 heteroatoms. The van der Waals surface area contributed by atoms with E-state index in [0.717, 1.165) is 19.4 Å². The Bertz CT molecular complexity index is 504. The van der Waals surface area contributed by atoms with Crippen LogP contribution in [0.4, 0.5) is 5.69 Å². The second-order valence-corrected chi connectivity index (χ2v) is 7.37. The van der Waals surface area contributed by atoms with Gasteiger partial charge in [0.25, 0.3) is 0 Å². The molecule has 1 aliphatic heterocycles. The number of rotatable bonds is 5. The van der Waals surface area contributed by atoms with E-state index in [0.29, 0.717) is 12.2 Å². The highest BCUT2D eigenvalue weighted by molar-refractivity contribution is 7.93. The molecule has 1 fully saturated rings. The first-order valence-corrected chi connectivity index (χ1v) is 8.18. The predicted molar refractivity (Wildman–Crippen MR) is 73.5 cm³/mol. The fourth-order valence-electron chi connectivity index (χ4n) is 1.96. The summed E-state index contributed by atoms with van der Waals surface area (Å²) in [7, 11) is -3.31. The minimum Gasteiger partial charge on any atom is -0.376 e. The van der Waals surface area contributed by atoms with Gasteiger partial charge in [-0.3, -0.25) is 9.40 Å². The molecule has 1 aromatic heterocycles. The van der Waals surface area contributed by atoms with E-state index in [-0.39, 0.29) is 6.10 Å². The third-order valence-electron chi connectivity index (χ3n) is 3.18. The number of hydrogen-bond donors (Lipinski definition) is 1. The minimum absolute atomic E-state index is 0.184. The molecule has 108 valence electrons. The van der Waals surface area contributed by atoms with Crippen LogP contribution in [0.3, 0.4) is 0 Å². The predicted octanol–water partition coefficient (Wildman–Crippen LogP) is 1.60. The van der Waals surface area contributed by atoms with E-state index in [9.17, 15) is 8.42 Å². The Morgan fingerprint density at radius 1 is 1.53 bits per heavy atom. The van der Waals surface area contributed by atoms with E-state index in [4.69, 9.17) is 4.74 Å². The Labute approximate surface area is 114 Å². The molecule has 0 saturated carbocycles. The normalized spacial score (nSPS) is 20.7. The molecule has 2 rings (SSSR count). The second kappa shape index (κ2) is 5.92. The molecule has 19 heavy (non-hydrogen) atoms. The van der Waals surface area contributed by atoms with Crippen LogP contribution in [0, 0.1) is 0 Å². The molecule has 1 aromatic rings. The molecule has 0 bridgehead atoms. The van der Waals surface area contributed by atoms with E-state index in [1.807, 2.05) is 0 Å². The summed E-state index contributed by atoms with van der Waals surface area (Å²) >= 11 is 0. The summed E-state index contributed by atoms with van der Waals surface area (Å²) < 4.78 is 33.3. The number of nitrogens with zero attached hydrogens (tertiary/aromatic N) is 2. The summed E-state index contributed by atoms with van der Waals surface area (Å²) in [6, 6.07) is 0. The first-order valence-electron chi connectivity index (χ1n) is 6.63. The maximum atomic E-state index is 11.7. The summed E-state index contributed by atoms with van der Waals surface area (Å²) in [6.45, 7) is 4.76. The molecule has 1 N–H and O–H groups in total. The lowest BCUT2D eigenvalue weighted by Gasteiger charge is -2.22. The number of hydrogen-bond acceptors (Lipinski definition) is 4. The van der Waals surface area contributed by atoms with Gasteiger partial charge in [-0.1, -0.05) is 0 Å². The van der Waals surface area contributed by atoms with Crippen LogP contribution < -0.4 is 4.72 Å². The average molecular weight is 287 g/mol. The number of ether oxygens (including phenoxy) is 1. The number of nitrogens with one attached hydrogen (secondary N) is 1. The molecular formula is C12H21N3O3S. The first-order chi connectivity index (χ1) is 8.97. The largest absolute Gasteiger partial charge is 0.376 e. The molecule has 0 amide bonds. The van der Waals surface area contributed by atoms with Crippen molar-refractivity contribution in [2.75, 3.05) is 11.3 Å². The molecular weight excluding hydrogens is 266 g/mol. The van der Waals surface area contributed by atoms with E-state index >= 15 is 0 Å². The van der Waals surface area contributed by atoms with Crippen molar-refractivity contribution in [3.63, 3.8) is 0 Å². The zero-order chi connectivity index (χ0) is 13.9. The van der Waals surface area contributed by atoms with Crippen molar-refractivity contribution in [3.8, 4) is 0 Å². The lowest BCUT2D eigenvalue weighted by Crippen LogP contribution is -2.24. The molecule has 1 atom stereocenters. The fraction of sp³-hybridized carbons (Fsp3) is 0.750. The summed E-state index contributed by atoms with van der Waals surface area (Å²) in [5.41, 5.74) is 0.504. The Morgan fingerprint density at radius 2 is 2.32 bits per heavy atom. The van der Waals surface area contributed by atoms with Crippen LogP contribution in [0.1, 0.15) is 33.1 Å². The van der Waals surface area contributed by atoms with Crippen molar-refractivity contribution >= 4 is 15.7 Å². The van der Waals surface area contributed by atoms with Gasteiger partial charge < -0.3 is 4.74 Å². The average Bonchev–Trinajstić information content (AvgIpc) is 2.77. The van der Waals surface area contributed by atoms with Crippen LogP contribution in [0.5, 0.6) is 0 Å². The summed E-state index contributed by atoms with van der Waals surface area (Å²) in [6.07, 6.45) is 6.75.